The molecule has 0 bridgehead atoms. The molecule has 0 saturated carbocycles. The lowest BCUT2D eigenvalue weighted by Crippen LogP contribution is -2.25. The number of hydrogen-bond acceptors (Lipinski definition) is 3. The van der Waals surface area contributed by atoms with Gasteiger partial charge in [-0.05, 0) is 44.8 Å². The van der Waals surface area contributed by atoms with Crippen molar-refractivity contribution in [2.75, 3.05) is 19.8 Å². The van der Waals surface area contributed by atoms with Gasteiger partial charge in [0.1, 0.15) is 17.3 Å². The number of rotatable bonds is 8. The van der Waals surface area contributed by atoms with Crippen LogP contribution in [0.5, 0.6) is 0 Å². The zero-order valence-electron chi connectivity index (χ0n) is 11.8. The summed E-state index contributed by atoms with van der Waals surface area (Å²) in [6.45, 7) is 16.6. The van der Waals surface area contributed by atoms with Crippen LogP contribution in [-0.4, -0.2) is 37.1 Å². The molecule has 0 radical (unpaired) electrons. The predicted molar refractivity (Wildman–Crippen MR) is 71.6 cm³/mol. The summed E-state index contributed by atoms with van der Waals surface area (Å²) in [5, 5.41) is 0. The standard InChI is InChI=1S/C15H24O3/c1-11(2)14(5)15(18-14,12(3)4)7-6-8-16-9-13-10-17-13/h13H,1,3,6-10H2,2,4-5H3. The van der Waals surface area contributed by atoms with Gasteiger partial charge in [0.15, 0.2) is 0 Å². The Morgan fingerprint density at radius 2 is 2.00 bits per heavy atom. The Balaban J connectivity index is 1.77. The normalized spacial score (nSPS) is 37.4. The Kier molecular flexibility index (Phi) is 3.67. The van der Waals surface area contributed by atoms with Crippen LogP contribution in [0.3, 0.4) is 0 Å². The summed E-state index contributed by atoms with van der Waals surface area (Å²) in [4.78, 5) is 0. The van der Waals surface area contributed by atoms with Gasteiger partial charge in [-0.3, -0.25) is 0 Å². The first kappa shape index (κ1) is 13.8. The van der Waals surface area contributed by atoms with E-state index in [1.807, 2.05) is 13.8 Å². The van der Waals surface area contributed by atoms with Crippen molar-refractivity contribution >= 4 is 0 Å². The van der Waals surface area contributed by atoms with Gasteiger partial charge in [-0.15, -0.1) is 0 Å². The average molecular weight is 252 g/mol. The van der Waals surface area contributed by atoms with E-state index in [2.05, 4.69) is 20.1 Å². The van der Waals surface area contributed by atoms with E-state index in [1.54, 1.807) is 0 Å². The summed E-state index contributed by atoms with van der Waals surface area (Å²) < 4.78 is 16.6. The first-order valence-electron chi connectivity index (χ1n) is 6.64. The molecule has 3 atom stereocenters. The third-order valence-electron chi connectivity index (χ3n) is 4.13. The molecule has 0 aliphatic carbocycles. The van der Waals surface area contributed by atoms with Crippen LogP contribution in [0.15, 0.2) is 24.3 Å². The topological polar surface area (TPSA) is 34.3 Å². The molecular weight excluding hydrogens is 228 g/mol. The molecule has 18 heavy (non-hydrogen) atoms. The summed E-state index contributed by atoms with van der Waals surface area (Å²) in [6, 6.07) is 0. The molecule has 2 aliphatic rings. The molecule has 3 unspecified atom stereocenters. The van der Waals surface area contributed by atoms with Gasteiger partial charge in [-0.25, -0.2) is 0 Å². The monoisotopic (exact) mass is 252 g/mol. The Labute approximate surface area is 110 Å². The Morgan fingerprint density at radius 1 is 1.33 bits per heavy atom. The van der Waals surface area contributed by atoms with Crippen molar-refractivity contribution in [1.82, 2.24) is 0 Å². The highest BCUT2D eigenvalue weighted by Crippen LogP contribution is 2.58. The van der Waals surface area contributed by atoms with E-state index in [0.717, 1.165) is 43.8 Å². The molecule has 0 amide bonds. The van der Waals surface area contributed by atoms with Gasteiger partial charge in [-0.2, -0.15) is 0 Å². The van der Waals surface area contributed by atoms with Gasteiger partial charge >= 0.3 is 0 Å². The lowest BCUT2D eigenvalue weighted by Gasteiger charge is -2.17. The smallest absolute Gasteiger partial charge is 0.122 e. The van der Waals surface area contributed by atoms with E-state index in [0.29, 0.717) is 6.10 Å². The molecule has 2 aliphatic heterocycles. The van der Waals surface area contributed by atoms with Crippen molar-refractivity contribution in [3.8, 4) is 0 Å². The van der Waals surface area contributed by atoms with Crippen LogP contribution in [0, 0.1) is 0 Å². The second-order valence-electron chi connectivity index (χ2n) is 5.66. The Bertz CT molecular complexity index is 359. The summed E-state index contributed by atoms with van der Waals surface area (Å²) in [5.41, 5.74) is 1.69. The van der Waals surface area contributed by atoms with Crippen molar-refractivity contribution in [3.63, 3.8) is 0 Å². The van der Waals surface area contributed by atoms with Crippen LogP contribution in [0.25, 0.3) is 0 Å². The van der Waals surface area contributed by atoms with Crippen molar-refractivity contribution in [1.29, 1.82) is 0 Å². The molecule has 0 N–H and O–H groups in total. The molecule has 2 saturated heterocycles. The molecule has 102 valence electrons. The quantitative estimate of drug-likeness (QED) is 0.378. The molecule has 2 fully saturated rings. The SMILES string of the molecule is C=C(C)C1(C)OC1(CCCOCC1CO1)C(=C)C. The maximum atomic E-state index is 5.98. The second kappa shape index (κ2) is 4.80. The first-order chi connectivity index (χ1) is 8.42. The Hall–Kier alpha value is -0.640. The van der Waals surface area contributed by atoms with Gasteiger partial charge in [0.2, 0.25) is 0 Å². The van der Waals surface area contributed by atoms with Gasteiger partial charge < -0.3 is 14.2 Å². The van der Waals surface area contributed by atoms with E-state index in [1.165, 1.54) is 0 Å². The second-order valence-corrected chi connectivity index (χ2v) is 5.66. The van der Waals surface area contributed by atoms with Crippen LogP contribution < -0.4 is 0 Å². The maximum absolute atomic E-state index is 5.98. The summed E-state index contributed by atoms with van der Waals surface area (Å²) in [7, 11) is 0. The van der Waals surface area contributed by atoms with Crippen LogP contribution in [0.1, 0.15) is 33.6 Å². The zero-order valence-corrected chi connectivity index (χ0v) is 11.8. The van der Waals surface area contributed by atoms with Gasteiger partial charge in [0.05, 0.1) is 13.2 Å². The third kappa shape index (κ3) is 2.40. The molecule has 2 heterocycles. The zero-order chi connectivity index (χ0) is 13.4. The van der Waals surface area contributed by atoms with Crippen LogP contribution in [-0.2, 0) is 14.2 Å². The highest BCUT2D eigenvalue weighted by molar-refractivity contribution is 5.38. The highest BCUT2D eigenvalue weighted by Gasteiger charge is 2.67. The molecule has 0 aromatic carbocycles. The lowest BCUT2D eigenvalue weighted by atomic mass is 9.81. The maximum Gasteiger partial charge on any atom is 0.122 e. The van der Waals surface area contributed by atoms with Crippen LogP contribution >= 0.6 is 0 Å². The fraction of sp³-hybridized carbons (Fsp3) is 0.733. The number of ether oxygens (including phenoxy) is 3. The fourth-order valence-corrected chi connectivity index (χ4v) is 2.55. The van der Waals surface area contributed by atoms with Crippen molar-refractivity contribution in [2.24, 2.45) is 0 Å². The van der Waals surface area contributed by atoms with E-state index in [-0.39, 0.29) is 11.2 Å². The molecule has 0 spiro atoms. The largest absolute Gasteiger partial charge is 0.379 e. The average Bonchev–Trinajstić information content (AvgIpc) is 3.16. The minimum Gasteiger partial charge on any atom is -0.379 e. The molecule has 0 aromatic heterocycles. The summed E-state index contributed by atoms with van der Waals surface area (Å²) >= 11 is 0. The summed E-state index contributed by atoms with van der Waals surface area (Å²) in [5.74, 6) is 0. The van der Waals surface area contributed by atoms with Gasteiger partial charge in [0.25, 0.3) is 0 Å². The minimum atomic E-state index is -0.238. The van der Waals surface area contributed by atoms with Crippen LogP contribution in [0.2, 0.25) is 0 Å². The highest BCUT2D eigenvalue weighted by atomic mass is 16.6. The molecule has 3 nitrogen and oxygen atoms in total. The van der Waals surface area contributed by atoms with E-state index >= 15 is 0 Å². The number of hydrogen-bond donors (Lipinski definition) is 0. The molecule has 3 heteroatoms. The van der Waals surface area contributed by atoms with Gasteiger partial charge in [0, 0.05) is 6.61 Å². The van der Waals surface area contributed by atoms with Crippen molar-refractivity contribution in [3.05, 3.63) is 24.3 Å². The van der Waals surface area contributed by atoms with E-state index in [4.69, 9.17) is 14.2 Å². The molecule has 0 aromatic rings. The third-order valence-corrected chi connectivity index (χ3v) is 4.13. The van der Waals surface area contributed by atoms with E-state index < -0.39 is 0 Å². The fourth-order valence-electron chi connectivity index (χ4n) is 2.55. The predicted octanol–water partition coefficient (Wildman–Crippen LogP) is 2.86. The number of epoxide rings is 2. The molecule has 2 rings (SSSR count). The van der Waals surface area contributed by atoms with Crippen molar-refractivity contribution in [2.45, 2.75) is 50.9 Å². The molecular formula is C15H24O3. The summed E-state index contributed by atoms with van der Waals surface area (Å²) in [6.07, 6.45) is 2.26. The van der Waals surface area contributed by atoms with Crippen LogP contribution in [0.4, 0.5) is 0 Å². The first-order valence-corrected chi connectivity index (χ1v) is 6.64. The van der Waals surface area contributed by atoms with E-state index in [9.17, 15) is 0 Å². The van der Waals surface area contributed by atoms with Gasteiger partial charge in [-0.1, -0.05) is 13.2 Å². The minimum absolute atomic E-state index is 0.224. The lowest BCUT2D eigenvalue weighted by molar-refractivity contribution is 0.109. The Morgan fingerprint density at radius 3 is 2.44 bits per heavy atom. The van der Waals surface area contributed by atoms with Crippen molar-refractivity contribution < 1.29 is 14.2 Å².